The van der Waals surface area contributed by atoms with Crippen molar-refractivity contribution in [1.82, 2.24) is 15.2 Å². The van der Waals surface area contributed by atoms with Gasteiger partial charge < -0.3 is 11.1 Å². The molecule has 6 nitrogen and oxygen atoms in total. The normalized spacial score (nSPS) is 15.3. The first-order chi connectivity index (χ1) is 15.8. The minimum atomic E-state index is -4.32. The molecule has 0 saturated carbocycles. The minimum absolute atomic E-state index is 0.0774. The first-order valence-corrected chi connectivity index (χ1v) is 11.2. The van der Waals surface area contributed by atoms with E-state index in [1.54, 1.807) is 0 Å². The predicted octanol–water partition coefficient (Wildman–Crippen LogP) is 4.62. The van der Waals surface area contributed by atoms with Gasteiger partial charge in [0.05, 0.1) is 0 Å². The molecular formula is C25H33F3N4O2. The van der Waals surface area contributed by atoms with Gasteiger partial charge in [0, 0.05) is 35.4 Å². The Hall–Kier alpha value is -2.94. The Balaban J connectivity index is 0.000000340. The summed E-state index contributed by atoms with van der Waals surface area (Å²) in [5.41, 5.74) is 8.08. The highest BCUT2D eigenvalue weighted by atomic mass is 19.4. The van der Waals surface area contributed by atoms with Crippen LogP contribution in [0.5, 0.6) is 0 Å². The van der Waals surface area contributed by atoms with Gasteiger partial charge in [0.25, 0.3) is 0 Å². The average Bonchev–Trinajstić information content (AvgIpc) is 2.73. The van der Waals surface area contributed by atoms with Crippen LogP contribution in [0.2, 0.25) is 0 Å². The molecule has 186 valence electrons. The van der Waals surface area contributed by atoms with Crippen molar-refractivity contribution in [2.45, 2.75) is 58.8 Å². The molecule has 1 amide bonds. The summed E-state index contributed by atoms with van der Waals surface area (Å²) < 4.78 is 35.2. The van der Waals surface area contributed by atoms with Crippen LogP contribution in [-0.2, 0) is 17.5 Å². The third kappa shape index (κ3) is 8.44. The van der Waals surface area contributed by atoms with E-state index in [2.05, 4.69) is 15.2 Å². The first kappa shape index (κ1) is 27.3. The molecule has 1 aliphatic rings. The maximum absolute atomic E-state index is 12.3. The van der Waals surface area contributed by atoms with Crippen LogP contribution >= 0.6 is 0 Å². The minimum Gasteiger partial charge on any atom is -0.398 e. The molecule has 9 heteroatoms. The number of piperidine rings is 1. The highest BCUT2D eigenvalue weighted by Crippen LogP contribution is 2.26. The zero-order chi connectivity index (χ0) is 25.5. The highest BCUT2D eigenvalue weighted by molar-refractivity contribution is 5.85. The molecule has 0 atom stereocenters. The number of aromatic nitrogens is 1. The number of benzene rings is 1. The van der Waals surface area contributed by atoms with Crippen molar-refractivity contribution in [2.24, 2.45) is 5.92 Å². The van der Waals surface area contributed by atoms with Gasteiger partial charge in [-0.25, -0.2) is 0 Å². The average molecular weight is 479 g/mol. The summed E-state index contributed by atoms with van der Waals surface area (Å²) in [6, 6.07) is 7.53. The van der Waals surface area contributed by atoms with Gasteiger partial charge in [0.15, 0.2) is 6.29 Å². The number of hydrogen-bond donors (Lipinski definition) is 2. The van der Waals surface area contributed by atoms with E-state index in [9.17, 15) is 22.8 Å². The number of rotatable bonds is 4. The zero-order valence-electron chi connectivity index (χ0n) is 20.1. The number of nitrogen functional groups attached to an aromatic ring is 1. The van der Waals surface area contributed by atoms with Gasteiger partial charge in [-0.1, -0.05) is 12.1 Å². The maximum Gasteiger partial charge on any atom is 0.433 e. The molecule has 1 aromatic heterocycles. The molecule has 3 N–H and O–H groups in total. The number of nitrogens with zero attached hydrogens (tertiary/aromatic N) is 2. The standard InChI is InChI=1S/C19H29N3O2.C6H4F3N/c1-13-9-15(16(12-23)17(20)10-13)11-22-7-5-14(6-8-22)18(24)21-19(2,3)4;7-6(8,9)5-3-1-2-4-10-5/h9-10,12,14H,5-8,11,20H2,1-4H3,(H,21,24);1-4H. The second-order valence-electron chi connectivity index (χ2n) is 9.55. The SMILES string of the molecule is Cc1cc(N)c(C=O)c(CN2CCC(C(=O)NC(C)(C)C)CC2)c1.FC(F)(F)c1ccccn1. The fraction of sp³-hybridized carbons (Fsp3) is 0.480. The number of carbonyl (C=O) groups excluding carboxylic acids is 2. The van der Waals surface area contributed by atoms with E-state index in [0.717, 1.165) is 55.6 Å². The van der Waals surface area contributed by atoms with Crippen LogP contribution in [0.4, 0.5) is 18.9 Å². The summed E-state index contributed by atoms with van der Waals surface area (Å²) in [7, 11) is 0. The third-order valence-corrected chi connectivity index (χ3v) is 5.37. The summed E-state index contributed by atoms with van der Waals surface area (Å²) >= 11 is 0. The van der Waals surface area contributed by atoms with Gasteiger partial charge in [-0.15, -0.1) is 0 Å². The number of alkyl halides is 3. The van der Waals surface area contributed by atoms with Crippen molar-refractivity contribution >= 4 is 17.9 Å². The van der Waals surface area contributed by atoms with Gasteiger partial charge in [-0.3, -0.25) is 19.5 Å². The third-order valence-electron chi connectivity index (χ3n) is 5.37. The molecular weight excluding hydrogens is 445 g/mol. The Bertz CT molecular complexity index is 965. The van der Waals surface area contributed by atoms with E-state index in [1.165, 1.54) is 12.1 Å². The Labute approximate surface area is 198 Å². The van der Waals surface area contributed by atoms with E-state index in [0.29, 0.717) is 17.8 Å². The molecule has 3 rings (SSSR count). The van der Waals surface area contributed by atoms with Crippen molar-refractivity contribution in [2.75, 3.05) is 18.8 Å². The largest absolute Gasteiger partial charge is 0.433 e. The smallest absolute Gasteiger partial charge is 0.398 e. The molecule has 2 heterocycles. The molecule has 1 aliphatic heterocycles. The van der Waals surface area contributed by atoms with E-state index < -0.39 is 11.9 Å². The topological polar surface area (TPSA) is 88.3 Å². The second kappa shape index (κ2) is 11.5. The van der Waals surface area contributed by atoms with E-state index in [4.69, 9.17) is 5.73 Å². The second-order valence-corrected chi connectivity index (χ2v) is 9.55. The van der Waals surface area contributed by atoms with Gasteiger partial charge in [0.2, 0.25) is 5.91 Å². The van der Waals surface area contributed by atoms with Crippen LogP contribution in [0.1, 0.15) is 60.8 Å². The number of nitrogens with one attached hydrogen (secondary N) is 1. The van der Waals surface area contributed by atoms with E-state index >= 15 is 0 Å². The summed E-state index contributed by atoms with van der Waals surface area (Å²) in [5.74, 6) is 0.226. The molecule has 34 heavy (non-hydrogen) atoms. The highest BCUT2D eigenvalue weighted by Gasteiger charge is 2.31. The Morgan fingerprint density at radius 2 is 1.85 bits per heavy atom. The number of likely N-dealkylation sites (tertiary alicyclic amines) is 1. The van der Waals surface area contributed by atoms with Crippen molar-refractivity contribution in [3.8, 4) is 0 Å². The molecule has 1 saturated heterocycles. The number of halogens is 3. The van der Waals surface area contributed by atoms with Crippen molar-refractivity contribution in [3.63, 3.8) is 0 Å². The number of pyridine rings is 1. The van der Waals surface area contributed by atoms with Crippen molar-refractivity contribution in [3.05, 3.63) is 58.9 Å². The lowest BCUT2D eigenvalue weighted by molar-refractivity contribution is -0.141. The lowest BCUT2D eigenvalue weighted by Crippen LogP contribution is -2.46. The first-order valence-electron chi connectivity index (χ1n) is 11.2. The van der Waals surface area contributed by atoms with Gasteiger partial charge in [-0.05, 0) is 83.0 Å². The van der Waals surface area contributed by atoms with Gasteiger partial charge in [-0.2, -0.15) is 13.2 Å². The fourth-order valence-electron chi connectivity index (χ4n) is 3.77. The summed E-state index contributed by atoms with van der Waals surface area (Å²) in [4.78, 5) is 29.0. The van der Waals surface area contributed by atoms with Crippen LogP contribution in [0.15, 0.2) is 36.5 Å². The molecule has 1 fully saturated rings. The Morgan fingerprint density at radius 1 is 1.21 bits per heavy atom. The van der Waals surface area contributed by atoms with Crippen molar-refractivity contribution in [1.29, 1.82) is 0 Å². The number of anilines is 1. The summed E-state index contributed by atoms with van der Waals surface area (Å²) in [5, 5.41) is 3.07. The van der Waals surface area contributed by atoms with Crippen molar-refractivity contribution < 1.29 is 22.8 Å². The zero-order valence-corrected chi connectivity index (χ0v) is 20.1. The van der Waals surface area contributed by atoms with Crippen LogP contribution in [0.25, 0.3) is 0 Å². The fourth-order valence-corrected chi connectivity index (χ4v) is 3.77. The van der Waals surface area contributed by atoms with Crippen LogP contribution < -0.4 is 11.1 Å². The monoisotopic (exact) mass is 478 g/mol. The molecule has 2 aromatic rings. The van der Waals surface area contributed by atoms with Crippen LogP contribution in [0, 0.1) is 12.8 Å². The maximum atomic E-state index is 12.3. The summed E-state index contributed by atoms with van der Waals surface area (Å²) in [6.45, 7) is 10.4. The van der Waals surface area contributed by atoms with Crippen LogP contribution in [0.3, 0.4) is 0 Å². The number of aldehydes is 1. The quantitative estimate of drug-likeness (QED) is 0.495. The Kier molecular flexibility index (Phi) is 9.21. The molecule has 1 aromatic carbocycles. The number of aryl methyl sites for hydroxylation is 1. The molecule has 0 unspecified atom stereocenters. The van der Waals surface area contributed by atoms with E-state index in [1.807, 2.05) is 39.8 Å². The van der Waals surface area contributed by atoms with Crippen LogP contribution in [-0.4, -0.2) is 40.7 Å². The lowest BCUT2D eigenvalue weighted by Gasteiger charge is -2.33. The molecule has 0 bridgehead atoms. The molecule has 0 spiro atoms. The molecule has 0 aliphatic carbocycles. The number of hydrogen-bond acceptors (Lipinski definition) is 5. The molecule has 0 radical (unpaired) electrons. The lowest BCUT2D eigenvalue weighted by atomic mass is 9.93. The number of amides is 1. The number of carbonyl (C=O) groups is 2. The number of nitrogens with two attached hydrogens (primary N) is 1. The van der Waals surface area contributed by atoms with Gasteiger partial charge in [0.1, 0.15) is 5.69 Å². The summed E-state index contributed by atoms with van der Waals surface area (Å²) in [6.07, 6.45) is -0.670. The Morgan fingerprint density at radius 3 is 2.32 bits per heavy atom. The van der Waals surface area contributed by atoms with E-state index in [-0.39, 0.29) is 17.4 Å². The predicted molar refractivity (Wildman–Crippen MR) is 126 cm³/mol. The van der Waals surface area contributed by atoms with Gasteiger partial charge >= 0.3 is 6.18 Å².